The molecule has 9 heavy (non-hydrogen) atoms. The third-order valence-electron chi connectivity index (χ3n) is 2.46. The van der Waals surface area contributed by atoms with Gasteiger partial charge in [-0.1, -0.05) is 0 Å². The molecule has 0 saturated carbocycles. The van der Waals surface area contributed by atoms with Gasteiger partial charge in [-0.15, -0.1) is 0 Å². The molecular weight excluding hydrogens is 112 g/mol. The minimum absolute atomic E-state index is 0.267. The van der Waals surface area contributed by atoms with Gasteiger partial charge in [-0.3, -0.25) is 4.90 Å². The van der Waals surface area contributed by atoms with Crippen molar-refractivity contribution in [2.24, 2.45) is 5.92 Å². The van der Waals surface area contributed by atoms with Crippen molar-refractivity contribution >= 4 is 0 Å². The summed E-state index contributed by atoms with van der Waals surface area (Å²) in [4.78, 5) is 2.30. The van der Waals surface area contributed by atoms with E-state index in [2.05, 4.69) is 11.0 Å². The van der Waals surface area contributed by atoms with Gasteiger partial charge in [-0.25, -0.2) is 0 Å². The Balaban J connectivity index is 2.12. The SMILES string of the molecule is N#CC1CC2CCN1C2. The summed E-state index contributed by atoms with van der Waals surface area (Å²) in [5.41, 5.74) is 0. The van der Waals surface area contributed by atoms with Crippen LogP contribution < -0.4 is 0 Å². The molecule has 2 saturated heterocycles. The summed E-state index contributed by atoms with van der Waals surface area (Å²) in [5, 5.41) is 8.60. The van der Waals surface area contributed by atoms with Crippen LogP contribution in [0.3, 0.4) is 0 Å². The molecule has 48 valence electrons. The van der Waals surface area contributed by atoms with Crippen LogP contribution in [0, 0.1) is 17.2 Å². The zero-order valence-corrected chi connectivity index (χ0v) is 5.38. The first-order chi connectivity index (χ1) is 4.40. The highest BCUT2D eigenvalue weighted by molar-refractivity contribution is 5.02. The Bertz CT molecular complexity index is 159. The van der Waals surface area contributed by atoms with Crippen molar-refractivity contribution in [2.75, 3.05) is 13.1 Å². The lowest BCUT2D eigenvalue weighted by atomic mass is 10.0. The van der Waals surface area contributed by atoms with E-state index in [9.17, 15) is 0 Å². The van der Waals surface area contributed by atoms with Gasteiger partial charge in [0.05, 0.1) is 12.1 Å². The van der Waals surface area contributed by atoms with Crippen LogP contribution in [0.25, 0.3) is 0 Å². The maximum atomic E-state index is 8.60. The summed E-state index contributed by atoms with van der Waals surface area (Å²) < 4.78 is 0. The molecule has 2 bridgehead atoms. The van der Waals surface area contributed by atoms with Crippen LogP contribution in [0.5, 0.6) is 0 Å². The van der Waals surface area contributed by atoms with Crippen LogP contribution in [0.15, 0.2) is 0 Å². The van der Waals surface area contributed by atoms with Gasteiger partial charge in [0.2, 0.25) is 0 Å². The first kappa shape index (κ1) is 5.25. The maximum absolute atomic E-state index is 8.60. The number of rotatable bonds is 0. The minimum atomic E-state index is 0.267. The zero-order chi connectivity index (χ0) is 6.27. The molecule has 0 aliphatic carbocycles. The molecule has 2 aliphatic heterocycles. The Morgan fingerprint density at radius 3 is 2.78 bits per heavy atom. The van der Waals surface area contributed by atoms with Crippen molar-refractivity contribution in [3.8, 4) is 6.07 Å². The fourth-order valence-electron chi connectivity index (χ4n) is 1.94. The van der Waals surface area contributed by atoms with Crippen molar-refractivity contribution in [1.82, 2.24) is 4.90 Å². The van der Waals surface area contributed by atoms with Crippen molar-refractivity contribution < 1.29 is 0 Å². The van der Waals surface area contributed by atoms with E-state index in [-0.39, 0.29) is 6.04 Å². The molecule has 2 fully saturated rings. The molecular formula is C7H10N2. The van der Waals surface area contributed by atoms with Crippen LogP contribution in [-0.4, -0.2) is 24.0 Å². The van der Waals surface area contributed by atoms with Gasteiger partial charge in [0.25, 0.3) is 0 Å². The summed E-state index contributed by atoms with van der Waals surface area (Å²) in [5.74, 6) is 0.856. The topological polar surface area (TPSA) is 27.0 Å². The van der Waals surface area contributed by atoms with Crippen molar-refractivity contribution in [3.05, 3.63) is 0 Å². The Morgan fingerprint density at radius 1 is 1.56 bits per heavy atom. The van der Waals surface area contributed by atoms with Gasteiger partial charge >= 0.3 is 0 Å². The van der Waals surface area contributed by atoms with Gasteiger partial charge in [0, 0.05) is 6.54 Å². The summed E-state index contributed by atoms with van der Waals surface area (Å²) in [7, 11) is 0. The highest BCUT2D eigenvalue weighted by Gasteiger charge is 2.36. The van der Waals surface area contributed by atoms with E-state index in [0.29, 0.717) is 0 Å². The lowest BCUT2D eigenvalue weighted by Gasteiger charge is -2.16. The molecule has 2 heteroatoms. The Hall–Kier alpha value is -0.550. The number of nitrogens with zero attached hydrogens (tertiary/aromatic N) is 2. The average molecular weight is 122 g/mol. The largest absolute Gasteiger partial charge is 0.288 e. The molecule has 2 nitrogen and oxygen atoms in total. The van der Waals surface area contributed by atoms with E-state index in [1.54, 1.807) is 0 Å². The third kappa shape index (κ3) is 0.650. The van der Waals surface area contributed by atoms with Crippen LogP contribution in [0.2, 0.25) is 0 Å². The van der Waals surface area contributed by atoms with Crippen LogP contribution >= 0.6 is 0 Å². The Labute approximate surface area is 55.1 Å². The van der Waals surface area contributed by atoms with Crippen LogP contribution in [-0.2, 0) is 0 Å². The Kier molecular flexibility index (Phi) is 1.000. The van der Waals surface area contributed by atoms with E-state index in [1.165, 1.54) is 19.5 Å². The van der Waals surface area contributed by atoms with Gasteiger partial charge in [0.1, 0.15) is 0 Å². The molecule has 0 spiro atoms. The molecule has 0 N–H and O–H groups in total. The number of fused-ring (bicyclic) bond motifs is 2. The predicted molar refractivity (Wildman–Crippen MR) is 33.7 cm³/mol. The van der Waals surface area contributed by atoms with E-state index >= 15 is 0 Å². The minimum Gasteiger partial charge on any atom is -0.288 e. The first-order valence-electron chi connectivity index (χ1n) is 3.54. The molecule has 0 aromatic rings. The first-order valence-corrected chi connectivity index (χ1v) is 3.54. The summed E-state index contributed by atoms with van der Waals surface area (Å²) in [6, 6.07) is 2.59. The summed E-state index contributed by atoms with van der Waals surface area (Å²) in [6.45, 7) is 2.36. The molecule has 0 radical (unpaired) electrons. The van der Waals surface area contributed by atoms with Gasteiger partial charge in [-0.2, -0.15) is 5.26 Å². The molecule has 2 aliphatic rings. The van der Waals surface area contributed by atoms with Gasteiger partial charge < -0.3 is 0 Å². The molecule has 0 aromatic carbocycles. The lowest BCUT2D eigenvalue weighted by molar-refractivity contribution is 0.311. The Morgan fingerprint density at radius 2 is 2.44 bits per heavy atom. The third-order valence-corrected chi connectivity index (χ3v) is 2.46. The number of piperidine rings is 1. The molecule has 2 rings (SSSR count). The zero-order valence-electron chi connectivity index (χ0n) is 5.38. The van der Waals surface area contributed by atoms with E-state index < -0.39 is 0 Å². The van der Waals surface area contributed by atoms with Crippen LogP contribution in [0.4, 0.5) is 0 Å². The molecule has 2 heterocycles. The fraction of sp³-hybridized carbons (Fsp3) is 0.857. The number of hydrogen-bond donors (Lipinski definition) is 0. The lowest BCUT2D eigenvalue weighted by Crippen LogP contribution is -2.27. The second-order valence-corrected chi connectivity index (χ2v) is 3.03. The fourth-order valence-corrected chi connectivity index (χ4v) is 1.94. The second kappa shape index (κ2) is 1.71. The summed E-state index contributed by atoms with van der Waals surface area (Å²) in [6.07, 6.45) is 2.47. The second-order valence-electron chi connectivity index (χ2n) is 3.03. The maximum Gasteiger partial charge on any atom is 0.0981 e. The van der Waals surface area contributed by atoms with Crippen molar-refractivity contribution in [1.29, 1.82) is 5.26 Å². The molecule has 3 unspecified atom stereocenters. The molecule has 0 amide bonds. The summed E-state index contributed by atoms with van der Waals surface area (Å²) >= 11 is 0. The van der Waals surface area contributed by atoms with E-state index in [4.69, 9.17) is 5.26 Å². The van der Waals surface area contributed by atoms with E-state index in [0.717, 1.165) is 12.3 Å². The highest BCUT2D eigenvalue weighted by Crippen LogP contribution is 2.31. The number of hydrogen-bond acceptors (Lipinski definition) is 2. The number of nitriles is 1. The van der Waals surface area contributed by atoms with E-state index in [1.807, 2.05) is 0 Å². The standard InChI is InChI=1S/C7H10N2/c8-4-7-3-6-1-2-9(7)5-6/h6-7H,1-3,5H2. The van der Waals surface area contributed by atoms with Gasteiger partial charge in [0.15, 0.2) is 0 Å². The van der Waals surface area contributed by atoms with Crippen LogP contribution in [0.1, 0.15) is 12.8 Å². The molecule has 3 atom stereocenters. The monoisotopic (exact) mass is 122 g/mol. The molecule has 0 aromatic heterocycles. The quantitative estimate of drug-likeness (QED) is 0.470. The highest BCUT2D eigenvalue weighted by atomic mass is 15.2. The van der Waals surface area contributed by atoms with Crippen molar-refractivity contribution in [2.45, 2.75) is 18.9 Å². The average Bonchev–Trinajstić information content (AvgIpc) is 2.45. The van der Waals surface area contributed by atoms with Gasteiger partial charge in [-0.05, 0) is 25.3 Å². The normalized spacial score (nSPS) is 47.2. The smallest absolute Gasteiger partial charge is 0.0981 e. The van der Waals surface area contributed by atoms with Crippen molar-refractivity contribution in [3.63, 3.8) is 0 Å². The predicted octanol–water partition coefficient (Wildman–Crippen LogP) is 0.604.